The number of pyridine rings is 2. The summed E-state index contributed by atoms with van der Waals surface area (Å²) in [5.74, 6) is -0.818. The van der Waals surface area contributed by atoms with Crippen LogP contribution < -0.4 is 10.6 Å². The van der Waals surface area contributed by atoms with Gasteiger partial charge in [0, 0.05) is 37.6 Å². The standard InChI is InChI=1S/C46H30Cl4N6O2/c1-25-41(33-12-6-8-14-37(33)52-43(25)31-19-16-27(47)22-35(31)49)45(57)51-30-18-21-39(56-55-29-10-4-3-5-11-29)40(24-30)54-46(58)42-26(2)44(32-20-17-28(48)23-36(32)50)53-38-15-9-7-13-34(38)42/h3-24H,1-2H3,(H,51,57)(H,54,58). The Labute approximate surface area is 353 Å². The van der Waals surface area contributed by atoms with Crippen LogP contribution in [0.4, 0.5) is 22.7 Å². The Morgan fingerprint density at radius 1 is 0.534 bits per heavy atom. The van der Waals surface area contributed by atoms with Crippen LogP contribution in [-0.4, -0.2) is 21.8 Å². The molecule has 0 aliphatic heterocycles. The second-order valence-corrected chi connectivity index (χ2v) is 15.1. The number of hydrogen-bond acceptors (Lipinski definition) is 6. The zero-order valence-electron chi connectivity index (χ0n) is 30.8. The van der Waals surface area contributed by atoms with Crippen molar-refractivity contribution < 1.29 is 9.59 Å². The van der Waals surface area contributed by atoms with E-state index in [4.69, 9.17) is 56.4 Å². The lowest BCUT2D eigenvalue weighted by atomic mass is 9.97. The number of nitrogens with zero attached hydrogens (tertiary/aromatic N) is 4. The van der Waals surface area contributed by atoms with Gasteiger partial charge in [0.25, 0.3) is 11.8 Å². The summed E-state index contributed by atoms with van der Waals surface area (Å²) in [7, 11) is 0. The fourth-order valence-corrected chi connectivity index (χ4v) is 7.87. The van der Waals surface area contributed by atoms with Crippen LogP contribution in [0, 0.1) is 13.8 Å². The number of rotatable bonds is 8. The van der Waals surface area contributed by atoms with Crippen molar-refractivity contribution in [2.75, 3.05) is 10.6 Å². The molecule has 2 aromatic heterocycles. The third-order valence-electron chi connectivity index (χ3n) is 9.63. The van der Waals surface area contributed by atoms with E-state index in [9.17, 15) is 9.59 Å². The lowest BCUT2D eigenvalue weighted by Crippen LogP contribution is -2.17. The number of para-hydroxylation sites is 2. The molecule has 0 aliphatic carbocycles. The SMILES string of the molecule is Cc1c(-c2ccc(Cl)cc2Cl)nc2ccccc2c1C(=O)Nc1ccc(N=Nc2ccccc2)c(NC(=O)c2c(C)c(-c3ccc(Cl)cc3Cl)nc3ccccc23)c1. The predicted molar refractivity (Wildman–Crippen MR) is 237 cm³/mol. The van der Waals surface area contributed by atoms with Crippen molar-refractivity contribution in [1.29, 1.82) is 0 Å². The number of benzene rings is 6. The maximum Gasteiger partial charge on any atom is 0.256 e. The first-order valence-corrected chi connectivity index (χ1v) is 19.5. The van der Waals surface area contributed by atoms with Crippen LogP contribution in [0.2, 0.25) is 20.1 Å². The van der Waals surface area contributed by atoms with Crippen molar-refractivity contribution in [3.8, 4) is 22.5 Å². The first-order chi connectivity index (χ1) is 28.0. The molecule has 0 aliphatic rings. The van der Waals surface area contributed by atoms with Crippen molar-refractivity contribution in [2.24, 2.45) is 10.2 Å². The average Bonchev–Trinajstić information content (AvgIpc) is 3.21. The summed E-state index contributed by atoms with van der Waals surface area (Å²) in [6.07, 6.45) is 0. The van der Waals surface area contributed by atoms with Gasteiger partial charge in [-0.2, -0.15) is 5.11 Å². The van der Waals surface area contributed by atoms with Gasteiger partial charge < -0.3 is 10.6 Å². The highest BCUT2D eigenvalue weighted by Crippen LogP contribution is 2.38. The summed E-state index contributed by atoms with van der Waals surface area (Å²) in [6, 6.07) is 39.4. The summed E-state index contributed by atoms with van der Waals surface area (Å²) >= 11 is 25.7. The zero-order valence-corrected chi connectivity index (χ0v) is 33.8. The van der Waals surface area contributed by atoms with Crippen LogP contribution >= 0.6 is 46.4 Å². The van der Waals surface area contributed by atoms with E-state index in [1.54, 1.807) is 54.6 Å². The Hall–Kier alpha value is -6.16. The Morgan fingerprint density at radius 3 is 1.57 bits per heavy atom. The minimum Gasteiger partial charge on any atom is -0.322 e. The lowest BCUT2D eigenvalue weighted by molar-refractivity contribution is 0.102. The molecule has 0 spiro atoms. The molecule has 0 atom stereocenters. The van der Waals surface area contributed by atoms with Crippen LogP contribution in [0.1, 0.15) is 31.8 Å². The van der Waals surface area contributed by atoms with Gasteiger partial charge >= 0.3 is 0 Å². The molecule has 0 saturated carbocycles. The average molecular weight is 841 g/mol. The van der Waals surface area contributed by atoms with Gasteiger partial charge in [-0.05, 0) is 104 Å². The van der Waals surface area contributed by atoms with Crippen molar-refractivity contribution in [1.82, 2.24) is 9.97 Å². The highest BCUT2D eigenvalue weighted by molar-refractivity contribution is 6.37. The summed E-state index contributed by atoms with van der Waals surface area (Å²) in [5, 5.41) is 18.1. The molecule has 2 heterocycles. The Balaban J connectivity index is 1.21. The number of halogens is 4. The topological polar surface area (TPSA) is 109 Å². The predicted octanol–water partition coefficient (Wildman–Crippen LogP) is 14.3. The third-order valence-corrected chi connectivity index (χ3v) is 10.7. The van der Waals surface area contributed by atoms with Crippen LogP contribution in [-0.2, 0) is 0 Å². The van der Waals surface area contributed by atoms with Gasteiger partial charge in [0.1, 0.15) is 5.69 Å². The van der Waals surface area contributed by atoms with E-state index < -0.39 is 5.91 Å². The smallest absolute Gasteiger partial charge is 0.256 e. The molecule has 8 aromatic rings. The van der Waals surface area contributed by atoms with Gasteiger partial charge in [0.05, 0.1) is 55.0 Å². The second-order valence-electron chi connectivity index (χ2n) is 13.4. The number of carbonyl (C=O) groups is 2. The molecule has 0 bridgehead atoms. The number of anilines is 2. The van der Waals surface area contributed by atoms with E-state index in [2.05, 4.69) is 20.9 Å². The molecule has 8 nitrogen and oxygen atoms in total. The highest BCUT2D eigenvalue weighted by atomic mass is 35.5. The van der Waals surface area contributed by atoms with Crippen LogP contribution in [0.5, 0.6) is 0 Å². The largest absolute Gasteiger partial charge is 0.322 e. The van der Waals surface area contributed by atoms with Gasteiger partial charge in [-0.3, -0.25) is 9.59 Å². The number of hydrogen-bond donors (Lipinski definition) is 2. The number of aromatic nitrogens is 2. The van der Waals surface area contributed by atoms with Gasteiger partial charge in [0.2, 0.25) is 0 Å². The molecule has 2 amide bonds. The number of fused-ring (bicyclic) bond motifs is 2. The minimum atomic E-state index is -0.428. The van der Waals surface area contributed by atoms with Crippen LogP contribution in [0.3, 0.4) is 0 Å². The molecule has 0 saturated heterocycles. The monoisotopic (exact) mass is 838 g/mol. The van der Waals surface area contributed by atoms with Crippen LogP contribution in [0.15, 0.2) is 144 Å². The fourth-order valence-electron chi connectivity index (χ4n) is 6.87. The summed E-state index contributed by atoms with van der Waals surface area (Å²) in [4.78, 5) is 38.8. The van der Waals surface area contributed by atoms with Gasteiger partial charge in [-0.1, -0.05) is 101 Å². The summed E-state index contributed by atoms with van der Waals surface area (Å²) < 4.78 is 0. The van der Waals surface area contributed by atoms with E-state index >= 15 is 0 Å². The molecular formula is C46H30Cl4N6O2. The van der Waals surface area contributed by atoms with Crippen LogP contribution in [0.25, 0.3) is 44.3 Å². The quantitative estimate of drug-likeness (QED) is 0.149. The van der Waals surface area contributed by atoms with E-state index in [1.165, 1.54) is 0 Å². The highest BCUT2D eigenvalue weighted by Gasteiger charge is 2.23. The summed E-state index contributed by atoms with van der Waals surface area (Å²) in [6.45, 7) is 3.66. The van der Waals surface area contributed by atoms with Gasteiger partial charge in [-0.25, -0.2) is 9.97 Å². The molecule has 6 aromatic carbocycles. The van der Waals surface area contributed by atoms with Gasteiger partial charge in [-0.15, -0.1) is 5.11 Å². The second kappa shape index (κ2) is 16.4. The van der Waals surface area contributed by atoms with Crippen molar-refractivity contribution in [3.05, 3.63) is 176 Å². The maximum absolute atomic E-state index is 14.6. The number of amides is 2. The zero-order chi connectivity index (χ0) is 40.5. The molecule has 0 fully saturated rings. The maximum atomic E-state index is 14.6. The normalized spacial score (nSPS) is 11.3. The van der Waals surface area contributed by atoms with Crippen molar-refractivity contribution in [2.45, 2.75) is 13.8 Å². The van der Waals surface area contributed by atoms with E-state index in [0.717, 1.165) is 0 Å². The number of carbonyl (C=O) groups excluding carboxylic acids is 2. The Kier molecular flexibility index (Phi) is 10.9. The van der Waals surface area contributed by atoms with Crippen molar-refractivity contribution in [3.63, 3.8) is 0 Å². The van der Waals surface area contributed by atoms with E-state index in [-0.39, 0.29) is 5.91 Å². The number of nitrogens with one attached hydrogen (secondary N) is 2. The third kappa shape index (κ3) is 7.75. The lowest BCUT2D eigenvalue weighted by Gasteiger charge is -2.17. The Morgan fingerprint density at radius 2 is 1.03 bits per heavy atom. The molecule has 2 N–H and O–H groups in total. The van der Waals surface area contributed by atoms with E-state index in [1.807, 2.05) is 92.7 Å². The molecule has 12 heteroatoms. The molecule has 58 heavy (non-hydrogen) atoms. The summed E-state index contributed by atoms with van der Waals surface area (Å²) in [5.41, 5.74) is 7.29. The fraction of sp³-hybridized carbons (Fsp3) is 0.0435. The number of azo groups is 1. The van der Waals surface area contributed by atoms with Gasteiger partial charge in [0.15, 0.2) is 0 Å². The molecular weight excluding hydrogens is 810 g/mol. The Bertz CT molecular complexity index is 2970. The first-order valence-electron chi connectivity index (χ1n) is 18.0. The minimum absolute atomic E-state index is 0.304. The molecule has 284 valence electrons. The first kappa shape index (κ1) is 38.7. The molecule has 0 unspecified atom stereocenters. The van der Waals surface area contributed by atoms with E-state index in [0.29, 0.717) is 109 Å². The molecule has 8 rings (SSSR count). The van der Waals surface area contributed by atoms with Crippen molar-refractivity contribution >= 4 is 103 Å². The molecule has 0 radical (unpaired) electrons.